The average Bonchev–Trinajstić information content (AvgIpc) is 3.23. The largest absolute Gasteiger partial charge is 0.481 e. The van der Waals surface area contributed by atoms with Crippen LogP contribution in [0.4, 0.5) is 0 Å². The molecular weight excluding hydrogens is 462 g/mol. The van der Waals surface area contributed by atoms with Crippen molar-refractivity contribution in [3.63, 3.8) is 0 Å². The highest BCUT2D eigenvalue weighted by Gasteiger charge is 2.72. The summed E-state index contributed by atoms with van der Waals surface area (Å²) in [4.78, 5) is 25.0. The normalized spacial score (nSPS) is 50.1. The summed E-state index contributed by atoms with van der Waals surface area (Å²) in [7, 11) is 0. The molecule has 0 radical (unpaired) electrons. The minimum atomic E-state index is -0.564. The van der Waals surface area contributed by atoms with Gasteiger partial charge in [-0.15, -0.1) is 0 Å². The third kappa shape index (κ3) is 3.44. The Morgan fingerprint density at radius 3 is 2.22 bits per heavy atom. The van der Waals surface area contributed by atoms with Crippen molar-refractivity contribution < 1.29 is 19.4 Å². The highest BCUT2D eigenvalue weighted by Crippen LogP contribution is 2.77. The van der Waals surface area contributed by atoms with E-state index in [-0.39, 0.29) is 46.2 Å². The smallest absolute Gasteiger partial charge is 0.319 e. The van der Waals surface area contributed by atoms with Crippen molar-refractivity contribution in [2.75, 3.05) is 6.54 Å². The van der Waals surface area contributed by atoms with Gasteiger partial charge >= 0.3 is 11.9 Å². The molecule has 0 heterocycles. The molecule has 0 spiro atoms. The lowest BCUT2D eigenvalue weighted by Gasteiger charge is -2.72. The second-order valence-electron chi connectivity index (χ2n) is 15.2. The van der Waals surface area contributed by atoms with Crippen molar-refractivity contribution in [1.29, 1.82) is 0 Å². The number of aliphatic carboxylic acids is 1. The van der Waals surface area contributed by atoms with E-state index in [1.807, 2.05) is 0 Å². The number of rotatable bonds is 4. The lowest BCUT2D eigenvalue weighted by atomic mass is 9.32. The predicted molar refractivity (Wildman–Crippen MR) is 146 cm³/mol. The second-order valence-corrected chi connectivity index (χ2v) is 15.2. The van der Waals surface area contributed by atoms with Crippen molar-refractivity contribution in [2.45, 2.75) is 112 Å². The molecule has 5 aliphatic carbocycles. The molecule has 3 N–H and O–H groups in total. The third-order valence-electron chi connectivity index (χ3n) is 13.9. The molecule has 5 heteroatoms. The van der Waals surface area contributed by atoms with Crippen LogP contribution in [0, 0.1) is 56.7 Å². The van der Waals surface area contributed by atoms with Gasteiger partial charge in [-0.3, -0.25) is 9.59 Å². The van der Waals surface area contributed by atoms with Gasteiger partial charge in [0.05, 0.1) is 12.0 Å². The van der Waals surface area contributed by atoms with E-state index >= 15 is 0 Å². The first-order valence-electron chi connectivity index (χ1n) is 15.0. The fourth-order valence-electron chi connectivity index (χ4n) is 11.9. The number of fused-ring (bicyclic) bond motifs is 7. The van der Waals surface area contributed by atoms with Crippen LogP contribution in [0.25, 0.3) is 0 Å². The van der Waals surface area contributed by atoms with Gasteiger partial charge in [-0.25, -0.2) is 0 Å². The van der Waals surface area contributed by atoms with E-state index in [1.165, 1.54) is 18.4 Å². The van der Waals surface area contributed by atoms with Crippen LogP contribution < -0.4 is 5.73 Å². The third-order valence-corrected chi connectivity index (χ3v) is 13.9. The predicted octanol–water partition coefficient (Wildman–Crippen LogP) is 6.60. The number of hydrogen-bond acceptors (Lipinski definition) is 4. The summed E-state index contributed by atoms with van der Waals surface area (Å²) >= 11 is 0. The zero-order valence-corrected chi connectivity index (χ0v) is 24.2. The molecule has 5 rings (SSSR count). The summed E-state index contributed by atoms with van der Waals surface area (Å²) in [6.45, 7) is 18.7. The Balaban J connectivity index is 1.50. The van der Waals surface area contributed by atoms with Crippen molar-refractivity contribution in [3.8, 4) is 0 Å². The lowest BCUT2D eigenvalue weighted by molar-refractivity contribution is -0.250. The average molecular weight is 514 g/mol. The van der Waals surface area contributed by atoms with Crippen molar-refractivity contribution >= 4 is 11.9 Å². The van der Waals surface area contributed by atoms with E-state index in [2.05, 4.69) is 48.1 Å². The molecule has 0 aromatic rings. The number of carbonyl (C=O) groups is 2. The zero-order chi connectivity index (χ0) is 27.2. The maximum absolute atomic E-state index is 12.8. The minimum Gasteiger partial charge on any atom is -0.481 e. The Kier molecular flexibility index (Phi) is 6.30. The van der Waals surface area contributed by atoms with E-state index in [4.69, 9.17) is 10.5 Å². The van der Waals surface area contributed by atoms with Crippen LogP contribution in [0.2, 0.25) is 0 Å². The molecule has 0 amide bonds. The summed E-state index contributed by atoms with van der Waals surface area (Å²) < 4.78 is 5.90. The fourth-order valence-corrected chi connectivity index (χ4v) is 11.9. The first-order chi connectivity index (χ1) is 17.2. The number of allylic oxidation sites excluding steroid dienone is 1. The molecule has 37 heavy (non-hydrogen) atoms. The number of hydrogen-bond donors (Lipinski definition) is 2. The number of carboxylic acid groups (broad SMARTS) is 1. The quantitative estimate of drug-likeness (QED) is 0.326. The Morgan fingerprint density at radius 2 is 1.59 bits per heavy atom. The molecular formula is C32H51NO4. The topological polar surface area (TPSA) is 89.6 Å². The van der Waals surface area contributed by atoms with E-state index in [0.717, 1.165) is 51.4 Å². The maximum Gasteiger partial charge on any atom is 0.319 e. The van der Waals surface area contributed by atoms with Crippen molar-refractivity contribution in [3.05, 3.63) is 12.2 Å². The molecule has 5 fully saturated rings. The summed E-state index contributed by atoms with van der Waals surface area (Å²) in [5, 5.41) is 10.6. The molecule has 0 saturated heterocycles. The van der Waals surface area contributed by atoms with Crippen LogP contribution in [0.3, 0.4) is 0 Å². The van der Waals surface area contributed by atoms with Crippen LogP contribution in [-0.4, -0.2) is 29.7 Å². The molecule has 0 aliphatic heterocycles. The molecule has 5 saturated carbocycles. The summed E-state index contributed by atoms with van der Waals surface area (Å²) in [6, 6.07) is 0. The molecule has 5 unspecified atom stereocenters. The molecule has 5 nitrogen and oxygen atoms in total. The highest BCUT2D eigenvalue weighted by atomic mass is 16.5. The van der Waals surface area contributed by atoms with E-state index < -0.39 is 11.4 Å². The molecule has 0 aromatic carbocycles. The van der Waals surface area contributed by atoms with Crippen molar-refractivity contribution in [2.24, 2.45) is 62.4 Å². The fraction of sp³-hybridized carbons (Fsp3) is 0.875. The highest BCUT2D eigenvalue weighted by molar-refractivity contribution is 5.76. The second kappa shape index (κ2) is 8.57. The van der Waals surface area contributed by atoms with E-state index in [1.54, 1.807) is 0 Å². The van der Waals surface area contributed by atoms with Crippen LogP contribution in [0.1, 0.15) is 106 Å². The van der Waals surface area contributed by atoms with E-state index in [0.29, 0.717) is 23.7 Å². The molecule has 208 valence electrons. The number of carbonyl (C=O) groups excluding carboxylic acids is 1. The van der Waals surface area contributed by atoms with Gasteiger partial charge in [0.1, 0.15) is 6.10 Å². The minimum absolute atomic E-state index is 0.0564. The van der Waals surface area contributed by atoms with Gasteiger partial charge in [0, 0.05) is 5.41 Å². The van der Waals surface area contributed by atoms with Gasteiger partial charge in [0.25, 0.3) is 0 Å². The van der Waals surface area contributed by atoms with Crippen LogP contribution in [-0.2, 0) is 14.3 Å². The van der Waals surface area contributed by atoms with Crippen LogP contribution >= 0.6 is 0 Å². The van der Waals surface area contributed by atoms with Gasteiger partial charge in [0.2, 0.25) is 0 Å². The van der Waals surface area contributed by atoms with Crippen LogP contribution in [0.5, 0.6) is 0 Å². The van der Waals surface area contributed by atoms with Gasteiger partial charge < -0.3 is 15.6 Å². The lowest BCUT2D eigenvalue weighted by Crippen LogP contribution is -2.67. The first-order valence-corrected chi connectivity index (χ1v) is 15.0. The van der Waals surface area contributed by atoms with Crippen molar-refractivity contribution in [1.82, 2.24) is 0 Å². The summed E-state index contributed by atoms with van der Waals surface area (Å²) in [6.07, 6.45) is 10.2. The Bertz CT molecular complexity index is 989. The molecule has 0 bridgehead atoms. The molecule has 10 atom stereocenters. The summed E-state index contributed by atoms with van der Waals surface area (Å²) in [5.41, 5.74) is 6.65. The van der Waals surface area contributed by atoms with Crippen LogP contribution in [0.15, 0.2) is 12.2 Å². The number of nitrogens with two attached hydrogens (primary N) is 1. The number of carboxylic acids is 1. The number of esters is 1. The molecule has 0 aromatic heterocycles. The van der Waals surface area contributed by atoms with Gasteiger partial charge in [-0.1, -0.05) is 46.8 Å². The Morgan fingerprint density at radius 1 is 0.892 bits per heavy atom. The summed E-state index contributed by atoms with van der Waals surface area (Å²) in [5.74, 6) is 1.25. The Labute approximate surface area is 224 Å². The first kappa shape index (κ1) is 27.2. The number of ether oxygens (including phenoxy) is 1. The SMILES string of the molecule is C=C(C)C1CC[C@]2(C(=O)O)CC[C@]3(C)C(CCC4[C@@]5(C)CC[C@H](OC(=O)CN)C(C)(C)C5CC[C@]43C)C12. The van der Waals surface area contributed by atoms with Gasteiger partial charge in [0.15, 0.2) is 0 Å². The van der Waals surface area contributed by atoms with E-state index in [9.17, 15) is 14.7 Å². The Hall–Kier alpha value is -1.36. The monoisotopic (exact) mass is 513 g/mol. The standard InChI is InChI=1S/C32H51NO4/c1-19(2)20-10-15-32(27(35)36)17-16-30(6)21(26(20)32)8-9-23-29(5)13-12-24(37-25(34)18-33)28(3,4)22(29)11-14-31(23,30)7/h20-24,26H,1,8-18,33H2,2-7H3,(H,35,36)/t20?,21?,22?,23?,24-,26?,29-,30+,31+,32-/m0/s1. The van der Waals surface area contributed by atoms with Gasteiger partial charge in [-0.2, -0.15) is 0 Å². The molecule has 5 aliphatic rings. The van der Waals surface area contributed by atoms with Gasteiger partial charge in [-0.05, 0) is 117 Å². The maximum atomic E-state index is 12.8. The zero-order valence-electron chi connectivity index (χ0n) is 24.2.